The number of aromatic nitrogens is 1. The highest BCUT2D eigenvalue weighted by Crippen LogP contribution is 2.32. The molecule has 2 aromatic carbocycles. The molecule has 0 atom stereocenters. The lowest BCUT2D eigenvalue weighted by Crippen LogP contribution is -2.41. The molecule has 0 spiro atoms. The minimum atomic E-state index is -3.43. The molecule has 3 aromatic rings. The lowest BCUT2D eigenvalue weighted by Gasteiger charge is -2.31. The summed E-state index contributed by atoms with van der Waals surface area (Å²) in [5.41, 5.74) is 0.844. The highest BCUT2D eigenvalue weighted by molar-refractivity contribution is 7.91. The van der Waals surface area contributed by atoms with E-state index in [-0.39, 0.29) is 29.1 Å². The van der Waals surface area contributed by atoms with Gasteiger partial charge in [0.15, 0.2) is 9.84 Å². The third-order valence-corrected chi connectivity index (χ3v) is 8.60. The number of benzene rings is 2. The van der Waals surface area contributed by atoms with Gasteiger partial charge >= 0.3 is 0 Å². The van der Waals surface area contributed by atoms with Crippen molar-refractivity contribution in [1.29, 1.82) is 0 Å². The van der Waals surface area contributed by atoms with Crippen molar-refractivity contribution >= 4 is 37.3 Å². The second-order valence-electron chi connectivity index (χ2n) is 8.11. The minimum absolute atomic E-state index is 0.00181. The molecule has 1 aliphatic heterocycles. The first kappa shape index (κ1) is 24.3. The Morgan fingerprint density at radius 2 is 1.74 bits per heavy atom. The zero-order valence-electron chi connectivity index (χ0n) is 19.2. The van der Waals surface area contributed by atoms with Crippen LogP contribution in [-0.4, -0.2) is 63.4 Å². The average molecular weight is 505 g/mol. The Morgan fingerprint density at radius 3 is 2.41 bits per heavy atom. The van der Waals surface area contributed by atoms with Crippen LogP contribution in [0.4, 0.5) is 0 Å². The van der Waals surface area contributed by atoms with Crippen LogP contribution in [0, 0.1) is 0 Å². The number of ether oxygens (including phenoxy) is 3. The Kier molecular flexibility index (Phi) is 7.57. The van der Waals surface area contributed by atoms with E-state index in [1.165, 1.54) is 30.6 Å². The van der Waals surface area contributed by atoms with Crippen molar-refractivity contribution in [3.05, 3.63) is 42.5 Å². The van der Waals surface area contributed by atoms with Crippen molar-refractivity contribution in [2.75, 3.05) is 33.1 Å². The van der Waals surface area contributed by atoms with Gasteiger partial charge in [-0.05, 0) is 42.8 Å². The third-order valence-electron chi connectivity index (χ3n) is 5.86. The first-order chi connectivity index (χ1) is 16.4. The van der Waals surface area contributed by atoms with Gasteiger partial charge in [-0.1, -0.05) is 11.3 Å². The van der Waals surface area contributed by atoms with Crippen molar-refractivity contribution < 1.29 is 27.4 Å². The zero-order valence-corrected chi connectivity index (χ0v) is 20.9. The predicted molar refractivity (Wildman–Crippen MR) is 131 cm³/mol. The number of hydrogen-bond donors (Lipinski definition) is 0. The summed E-state index contributed by atoms with van der Waals surface area (Å²) in [7, 11) is -0.275. The summed E-state index contributed by atoms with van der Waals surface area (Å²) >= 11 is 1.50. The molecule has 4 rings (SSSR count). The molecule has 2 heterocycles. The van der Waals surface area contributed by atoms with E-state index in [4.69, 9.17) is 14.2 Å². The molecule has 0 saturated carbocycles. The fourth-order valence-corrected chi connectivity index (χ4v) is 6.07. The number of piperidine rings is 1. The lowest BCUT2D eigenvalue weighted by atomic mass is 10.1. The van der Waals surface area contributed by atoms with Crippen molar-refractivity contribution in [1.82, 2.24) is 9.88 Å². The molecule has 0 unspecified atom stereocenters. The molecule has 1 amide bonds. The standard InChI is InChI=1S/C24H28N2O6S2/c1-30-17-5-8-20(9-6-17)34(28,29)15-3-4-23(27)26-13-11-18(12-14-26)32-24-25-21-16-19(31-2)7-10-22(21)33-24/h5-10,16,18H,3-4,11-15H2,1-2H3. The van der Waals surface area contributed by atoms with E-state index in [1.54, 1.807) is 24.1 Å². The van der Waals surface area contributed by atoms with Gasteiger partial charge < -0.3 is 19.1 Å². The molecule has 0 aliphatic carbocycles. The van der Waals surface area contributed by atoms with E-state index in [1.807, 2.05) is 18.2 Å². The Morgan fingerprint density at radius 1 is 1.06 bits per heavy atom. The van der Waals surface area contributed by atoms with Gasteiger partial charge in [0.05, 0.1) is 35.1 Å². The molecule has 1 aliphatic rings. The van der Waals surface area contributed by atoms with Crippen LogP contribution in [-0.2, 0) is 14.6 Å². The number of hydrogen-bond acceptors (Lipinski definition) is 8. The van der Waals surface area contributed by atoms with Crippen LogP contribution >= 0.6 is 11.3 Å². The molecule has 1 saturated heterocycles. The summed E-state index contributed by atoms with van der Waals surface area (Å²) in [5, 5.41) is 0.622. The summed E-state index contributed by atoms with van der Waals surface area (Å²) in [6, 6.07) is 12.1. The molecule has 1 fully saturated rings. The molecule has 8 nitrogen and oxygen atoms in total. The van der Waals surface area contributed by atoms with Crippen molar-refractivity contribution in [3.8, 4) is 16.7 Å². The molecule has 0 N–H and O–H groups in total. The number of rotatable bonds is 9. The lowest BCUT2D eigenvalue weighted by molar-refractivity contribution is -0.133. The van der Waals surface area contributed by atoms with Gasteiger partial charge in [0.2, 0.25) is 5.91 Å². The van der Waals surface area contributed by atoms with E-state index in [0.717, 1.165) is 28.8 Å². The van der Waals surface area contributed by atoms with E-state index in [9.17, 15) is 13.2 Å². The maximum Gasteiger partial charge on any atom is 0.274 e. The quantitative estimate of drug-likeness (QED) is 0.436. The van der Waals surface area contributed by atoms with Crippen LogP contribution in [0.15, 0.2) is 47.4 Å². The summed E-state index contributed by atoms with van der Waals surface area (Å²) in [6.07, 6.45) is 1.94. The number of amides is 1. The first-order valence-corrected chi connectivity index (χ1v) is 13.6. The molecule has 182 valence electrons. The first-order valence-electron chi connectivity index (χ1n) is 11.1. The number of fused-ring (bicyclic) bond motifs is 1. The highest BCUT2D eigenvalue weighted by Gasteiger charge is 2.25. The normalized spacial score (nSPS) is 14.8. The minimum Gasteiger partial charge on any atom is -0.497 e. The van der Waals surface area contributed by atoms with Gasteiger partial charge in [-0.3, -0.25) is 4.79 Å². The van der Waals surface area contributed by atoms with Gasteiger partial charge in [-0.15, -0.1) is 0 Å². The fraction of sp³-hybridized carbons (Fsp3) is 0.417. The molecular weight excluding hydrogens is 476 g/mol. The van der Waals surface area contributed by atoms with Crippen LogP contribution < -0.4 is 14.2 Å². The molecule has 0 radical (unpaired) electrons. The second kappa shape index (κ2) is 10.6. The van der Waals surface area contributed by atoms with Gasteiger partial charge in [0.1, 0.15) is 17.6 Å². The molecule has 0 bridgehead atoms. The van der Waals surface area contributed by atoms with E-state index in [0.29, 0.717) is 30.5 Å². The highest BCUT2D eigenvalue weighted by atomic mass is 32.2. The Bertz CT molecular complexity index is 1230. The number of methoxy groups -OCH3 is 2. The van der Waals surface area contributed by atoms with Crippen LogP contribution in [0.25, 0.3) is 10.2 Å². The van der Waals surface area contributed by atoms with Crippen molar-refractivity contribution in [2.24, 2.45) is 0 Å². The van der Waals surface area contributed by atoms with E-state index >= 15 is 0 Å². The monoisotopic (exact) mass is 504 g/mol. The van der Waals surface area contributed by atoms with Crippen LogP contribution in [0.5, 0.6) is 16.7 Å². The van der Waals surface area contributed by atoms with Gasteiger partial charge in [0.25, 0.3) is 5.19 Å². The van der Waals surface area contributed by atoms with Gasteiger partial charge in [0, 0.05) is 38.4 Å². The van der Waals surface area contributed by atoms with Gasteiger partial charge in [-0.2, -0.15) is 0 Å². The Hall–Kier alpha value is -2.85. The number of likely N-dealkylation sites (tertiary alicyclic amines) is 1. The predicted octanol–water partition coefficient (Wildman–Crippen LogP) is 3.94. The maximum atomic E-state index is 12.6. The average Bonchev–Trinajstić information content (AvgIpc) is 3.25. The summed E-state index contributed by atoms with van der Waals surface area (Å²) < 4.78 is 42.4. The van der Waals surface area contributed by atoms with Crippen molar-refractivity contribution in [2.45, 2.75) is 36.7 Å². The number of carbonyl (C=O) groups excluding carboxylic acids is 1. The fourth-order valence-electron chi connectivity index (χ4n) is 3.90. The van der Waals surface area contributed by atoms with Crippen LogP contribution in [0.1, 0.15) is 25.7 Å². The SMILES string of the molecule is COc1ccc(S(=O)(=O)CCCC(=O)N2CCC(Oc3nc4cc(OC)ccc4s3)CC2)cc1. The zero-order chi connectivity index (χ0) is 24.1. The van der Waals surface area contributed by atoms with Gasteiger partial charge in [-0.25, -0.2) is 13.4 Å². The van der Waals surface area contributed by atoms with Crippen molar-refractivity contribution in [3.63, 3.8) is 0 Å². The molecular formula is C24H28N2O6S2. The molecule has 34 heavy (non-hydrogen) atoms. The number of sulfone groups is 1. The number of carbonyl (C=O) groups is 1. The molecule has 10 heteroatoms. The Balaban J connectivity index is 1.22. The van der Waals surface area contributed by atoms with Crippen LogP contribution in [0.3, 0.4) is 0 Å². The smallest absolute Gasteiger partial charge is 0.274 e. The summed E-state index contributed by atoms with van der Waals surface area (Å²) in [4.78, 5) is 19.2. The summed E-state index contributed by atoms with van der Waals surface area (Å²) in [5.74, 6) is 1.28. The second-order valence-corrected chi connectivity index (χ2v) is 11.2. The van der Waals surface area contributed by atoms with E-state index < -0.39 is 9.84 Å². The maximum absolute atomic E-state index is 12.6. The summed E-state index contributed by atoms with van der Waals surface area (Å²) in [6.45, 7) is 1.18. The Labute approximate surface area is 203 Å². The van der Waals surface area contributed by atoms with Crippen LogP contribution in [0.2, 0.25) is 0 Å². The molecule has 1 aromatic heterocycles. The topological polar surface area (TPSA) is 95.0 Å². The van der Waals surface area contributed by atoms with E-state index in [2.05, 4.69) is 4.98 Å². The third kappa shape index (κ3) is 5.79. The number of nitrogens with zero attached hydrogens (tertiary/aromatic N) is 2. The largest absolute Gasteiger partial charge is 0.497 e. The number of thiazole rings is 1.